The number of carbonyl (C=O) groups is 1. The molecule has 0 aromatic heterocycles. The first-order valence-corrected chi connectivity index (χ1v) is 11.1. The molecule has 2 aliphatic heterocycles. The average molecular weight is 487 g/mol. The van der Waals surface area contributed by atoms with Gasteiger partial charge < -0.3 is 60.2 Å². The third kappa shape index (κ3) is 8.96. The van der Waals surface area contributed by atoms with Crippen LogP contribution in [0.3, 0.4) is 0 Å². The lowest BCUT2D eigenvalue weighted by Crippen LogP contribution is -2.64. The Morgan fingerprint density at radius 3 is 1.91 bits per heavy atom. The molecule has 2 saturated heterocycles. The number of carboxylic acid groups (broad SMARTS) is 1. The van der Waals surface area contributed by atoms with Crippen LogP contribution >= 0.6 is 0 Å². The van der Waals surface area contributed by atoms with E-state index in [0.717, 1.165) is 12.8 Å². The molecule has 2 heterocycles. The van der Waals surface area contributed by atoms with Crippen molar-refractivity contribution in [3.05, 3.63) is 0 Å². The molecule has 0 aliphatic carbocycles. The molecule has 0 amide bonds. The summed E-state index contributed by atoms with van der Waals surface area (Å²) in [6.45, 7) is 0.805. The molecular weight excluding hydrogens is 448 g/mol. The number of carboxylic acids is 1. The lowest BCUT2D eigenvalue weighted by atomic mass is 9.97. The van der Waals surface area contributed by atoms with Crippen molar-refractivity contribution in [2.45, 2.75) is 107 Å². The van der Waals surface area contributed by atoms with Gasteiger partial charge in [-0.15, -0.1) is 0 Å². The zero-order valence-electron chi connectivity index (χ0n) is 18.6. The SMILES string of the molecule is CCCCCCCC(=O)O.OC[C@H]1O[C@@H](O[C@H]2[C@H](O)[C@@H](O)C(O)O[C@@H]2CO)[C@H](O)[C@@H](O)[C@H]1O. The van der Waals surface area contributed by atoms with Crippen LogP contribution in [0.2, 0.25) is 0 Å². The molecule has 1 unspecified atom stereocenters. The van der Waals surface area contributed by atoms with Gasteiger partial charge in [0.2, 0.25) is 0 Å². The summed E-state index contributed by atoms with van der Waals surface area (Å²) in [5.74, 6) is -0.670. The van der Waals surface area contributed by atoms with Crippen molar-refractivity contribution < 1.29 is 65.0 Å². The second-order valence-electron chi connectivity index (χ2n) is 8.08. The summed E-state index contributed by atoms with van der Waals surface area (Å²) in [5.41, 5.74) is 0. The average Bonchev–Trinajstić information content (AvgIpc) is 2.79. The fourth-order valence-electron chi connectivity index (χ4n) is 3.45. The second kappa shape index (κ2) is 15.1. The summed E-state index contributed by atoms with van der Waals surface area (Å²) in [7, 11) is 0. The summed E-state index contributed by atoms with van der Waals surface area (Å²) in [6, 6.07) is 0. The molecule has 0 saturated carbocycles. The molecule has 0 aromatic carbocycles. The molecule has 0 bridgehead atoms. The molecule has 196 valence electrons. The van der Waals surface area contributed by atoms with Crippen LogP contribution in [-0.2, 0) is 19.0 Å². The Kier molecular flexibility index (Phi) is 13.8. The van der Waals surface area contributed by atoms with Gasteiger partial charge in [-0.3, -0.25) is 4.79 Å². The van der Waals surface area contributed by atoms with E-state index in [4.69, 9.17) is 24.4 Å². The van der Waals surface area contributed by atoms with Gasteiger partial charge in [0, 0.05) is 6.42 Å². The lowest BCUT2D eigenvalue weighted by molar-refractivity contribution is -0.355. The van der Waals surface area contributed by atoms with Crippen LogP contribution in [-0.4, -0.2) is 127 Å². The van der Waals surface area contributed by atoms with E-state index in [-0.39, 0.29) is 0 Å². The standard InChI is InChI=1S/C12H22O11.C8H16O2/c13-1-3-5(15)6(16)9(19)12(22-3)23-10-4(2-14)21-11(20)8(18)7(10)17;1-2-3-4-5-6-7-8(9)10/h3-20H,1-2H2;2-7H2,1H3,(H,9,10)/t3-,4-,5+,6+,7-,8-,9-,10-,11?,12+;/m1./s1. The third-order valence-electron chi connectivity index (χ3n) is 5.47. The monoisotopic (exact) mass is 486 g/mol. The predicted octanol–water partition coefficient (Wildman–Crippen LogP) is -2.97. The Morgan fingerprint density at radius 2 is 1.36 bits per heavy atom. The van der Waals surface area contributed by atoms with Crippen molar-refractivity contribution in [1.82, 2.24) is 0 Å². The van der Waals surface area contributed by atoms with E-state index in [9.17, 15) is 40.5 Å². The first kappa shape index (κ1) is 30.1. The number of aliphatic hydroxyl groups is 8. The van der Waals surface area contributed by atoms with Crippen molar-refractivity contribution in [1.29, 1.82) is 0 Å². The Morgan fingerprint density at radius 1 is 0.758 bits per heavy atom. The number of ether oxygens (including phenoxy) is 3. The van der Waals surface area contributed by atoms with Crippen LogP contribution < -0.4 is 0 Å². The fraction of sp³-hybridized carbons (Fsp3) is 0.950. The summed E-state index contributed by atoms with van der Waals surface area (Å²) in [6.07, 6.45) is -9.69. The quantitative estimate of drug-likeness (QED) is 0.141. The Balaban J connectivity index is 0.000000461. The summed E-state index contributed by atoms with van der Waals surface area (Å²) >= 11 is 0. The van der Waals surface area contributed by atoms with E-state index in [1.165, 1.54) is 19.3 Å². The van der Waals surface area contributed by atoms with Gasteiger partial charge in [0.05, 0.1) is 13.2 Å². The van der Waals surface area contributed by atoms with Gasteiger partial charge in [0.1, 0.15) is 48.8 Å². The van der Waals surface area contributed by atoms with Gasteiger partial charge in [-0.05, 0) is 6.42 Å². The van der Waals surface area contributed by atoms with Crippen molar-refractivity contribution in [2.75, 3.05) is 13.2 Å². The first-order valence-electron chi connectivity index (χ1n) is 11.1. The van der Waals surface area contributed by atoms with Crippen LogP contribution in [0.25, 0.3) is 0 Å². The van der Waals surface area contributed by atoms with Crippen LogP contribution in [0.15, 0.2) is 0 Å². The van der Waals surface area contributed by atoms with Crippen LogP contribution in [0.4, 0.5) is 0 Å². The minimum atomic E-state index is -1.74. The molecule has 2 aliphatic rings. The molecule has 10 atom stereocenters. The number of hydrogen-bond donors (Lipinski definition) is 9. The fourth-order valence-corrected chi connectivity index (χ4v) is 3.45. The lowest BCUT2D eigenvalue weighted by Gasteiger charge is -2.45. The highest BCUT2D eigenvalue weighted by Crippen LogP contribution is 2.28. The van der Waals surface area contributed by atoms with Gasteiger partial charge >= 0.3 is 5.97 Å². The minimum absolute atomic E-state index is 0.337. The van der Waals surface area contributed by atoms with E-state index in [2.05, 4.69) is 6.92 Å². The van der Waals surface area contributed by atoms with Crippen molar-refractivity contribution in [3.63, 3.8) is 0 Å². The number of hydrogen-bond acceptors (Lipinski definition) is 12. The third-order valence-corrected chi connectivity index (χ3v) is 5.47. The zero-order chi connectivity index (χ0) is 25.1. The Labute approximate surface area is 191 Å². The summed E-state index contributed by atoms with van der Waals surface area (Å²) in [4.78, 5) is 10.0. The maximum atomic E-state index is 10.0. The molecule has 0 spiro atoms. The normalized spacial score (nSPS) is 38.9. The van der Waals surface area contributed by atoms with E-state index in [1.54, 1.807) is 0 Å². The van der Waals surface area contributed by atoms with Gasteiger partial charge in [-0.1, -0.05) is 32.6 Å². The van der Waals surface area contributed by atoms with E-state index in [1.807, 2.05) is 0 Å². The molecule has 0 aromatic rings. The molecular formula is C20H38O13. The number of aliphatic carboxylic acids is 1. The maximum absolute atomic E-state index is 10.0. The second-order valence-corrected chi connectivity index (χ2v) is 8.08. The highest BCUT2D eigenvalue weighted by atomic mass is 16.7. The van der Waals surface area contributed by atoms with Crippen molar-refractivity contribution in [3.8, 4) is 0 Å². The number of aliphatic hydroxyl groups excluding tert-OH is 8. The smallest absolute Gasteiger partial charge is 0.303 e. The number of rotatable bonds is 10. The van der Waals surface area contributed by atoms with E-state index < -0.39 is 80.6 Å². The molecule has 0 radical (unpaired) electrons. The highest BCUT2D eigenvalue weighted by molar-refractivity contribution is 5.66. The molecule has 13 nitrogen and oxygen atoms in total. The van der Waals surface area contributed by atoms with E-state index in [0.29, 0.717) is 6.42 Å². The topological polar surface area (TPSA) is 227 Å². The highest BCUT2D eigenvalue weighted by Gasteiger charge is 2.50. The van der Waals surface area contributed by atoms with Crippen molar-refractivity contribution in [2.24, 2.45) is 0 Å². The molecule has 13 heteroatoms. The van der Waals surface area contributed by atoms with Crippen molar-refractivity contribution >= 4 is 5.97 Å². The Bertz CT molecular complexity index is 546. The van der Waals surface area contributed by atoms with Gasteiger partial charge in [0.25, 0.3) is 0 Å². The maximum Gasteiger partial charge on any atom is 0.303 e. The Hall–Kier alpha value is -0.970. The van der Waals surface area contributed by atoms with Gasteiger partial charge in [-0.2, -0.15) is 0 Å². The molecule has 9 N–H and O–H groups in total. The molecule has 2 fully saturated rings. The van der Waals surface area contributed by atoms with Crippen LogP contribution in [0.5, 0.6) is 0 Å². The largest absolute Gasteiger partial charge is 0.481 e. The zero-order valence-corrected chi connectivity index (χ0v) is 18.6. The summed E-state index contributed by atoms with van der Waals surface area (Å²) < 4.78 is 15.3. The van der Waals surface area contributed by atoms with Crippen LogP contribution in [0, 0.1) is 0 Å². The predicted molar refractivity (Wildman–Crippen MR) is 110 cm³/mol. The van der Waals surface area contributed by atoms with Gasteiger partial charge in [0.15, 0.2) is 12.6 Å². The molecule has 2 rings (SSSR count). The minimum Gasteiger partial charge on any atom is -0.481 e. The van der Waals surface area contributed by atoms with Gasteiger partial charge in [-0.25, -0.2) is 0 Å². The summed E-state index contributed by atoms with van der Waals surface area (Å²) in [5, 5.41) is 84.8. The molecule has 33 heavy (non-hydrogen) atoms. The first-order chi connectivity index (χ1) is 15.6. The van der Waals surface area contributed by atoms with E-state index >= 15 is 0 Å². The van der Waals surface area contributed by atoms with Crippen LogP contribution in [0.1, 0.15) is 45.4 Å². The number of unbranched alkanes of at least 4 members (excludes halogenated alkanes) is 4.